The van der Waals surface area contributed by atoms with Crippen molar-refractivity contribution in [3.05, 3.63) is 287 Å². The van der Waals surface area contributed by atoms with Crippen LogP contribution < -0.4 is 10.6 Å². The highest BCUT2D eigenvalue weighted by molar-refractivity contribution is 6.00. The van der Waals surface area contributed by atoms with Gasteiger partial charge in [-0.15, -0.1) is 0 Å². The second-order valence-electron chi connectivity index (χ2n) is 17.3. The summed E-state index contributed by atoms with van der Waals surface area (Å²) in [4.78, 5) is 0. The second kappa shape index (κ2) is 14.2. The number of anilines is 4. The van der Waals surface area contributed by atoms with E-state index in [1.54, 1.807) is 0 Å². The lowest BCUT2D eigenvalue weighted by Crippen LogP contribution is -2.28. The molecule has 0 amide bonds. The van der Waals surface area contributed by atoms with Crippen LogP contribution in [-0.2, 0) is 10.8 Å². The maximum atomic E-state index is 3.89. The lowest BCUT2D eigenvalue weighted by molar-refractivity contribution is 0.768. The van der Waals surface area contributed by atoms with E-state index in [0.29, 0.717) is 0 Å². The highest BCUT2D eigenvalue weighted by Crippen LogP contribution is 2.64. The molecule has 1 atom stereocenters. The molecule has 0 aromatic heterocycles. The van der Waals surface area contributed by atoms with Crippen molar-refractivity contribution in [2.45, 2.75) is 10.8 Å². The first-order valence-corrected chi connectivity index (χ1v) is 22.3. The zero-order valence-electron chi connectivity index (χ0n) is 35.1. The van der Waals surface area contributed by atoms with Crippen LogP contribution in [-0.4, -0.2) is 0 Å². The predicted molar refractivity (Wildman–Crippen MR) is 265 cm³/mol. The third-order valence-electron chi connectivity index (χ3n) is 14.1. The third kappa shape index (κ3) is 5.08. The third-order valence-corrected chi connectivity index (χ3v) is 14.1. The van der Waals surface area contributed by atoms with Crippen LogP contribution >= 0.6 is 0 Å². The molecule has 0 heterocycles. The Balaban J connectivity index is 0.891. The van der Waals surface area contributed by atoms with Crippen molar-refractivity contribution in [1.29, 1.82) is 0 Å². The van der Waals surface area contributed by atoms with E-state index in [-0.39, 0.29) is 0 Å². The van der Waals surface area contributed by atoms with Gasteiger partial charge in [0.2, 0.25) is 0 Å². The SMILES string of the molecule is c1ccc(Nc2cccc3c2-c2ccccc2C32c3ccccc3-c3cc(-c4ccc(Nc5cccc6c5-c5ccccc5C6(c5ccccc5)c5ccccc5)cc4)ccc32)cc1. The lowest BCUT2D eigenvalue weighted by Gasteiger charge is -2.33. The van der Waals surface area contributed by atoms with Crippen LogP contribution in [0.1, 0.15) is 44.5 Å². The number of rotatable bonds is 7. The van der Waals surface area contributed by atoms with Crippen molar-refractivity contribution < 1.29 is 0 Å². The lowest BCUT2D eigenvalue weighted by atomic mass is 9.68. The van der Waals surface area contributed by atoms with E-state index in [1.165, 1.54) is 89.0 Å². The molecular formula is C62H42N2. The molecule has 3 aliphatic carbocycles. The highest BCUT2D eigenvalue weighted by atomic mass is 14.9. The van der Waals surface area contributed by atoms with Gasteiger partial charge in [0.1, 0.15) is 0 Å². The van der Waals surface area contributed by atoms with Crippen LogP contribution in [0.2, 0.25) is 0 Å². The van der Waals surface area contributed by atoms with Gasteiger partial charge in [-0.3, -0.25) is 0 Å². The van der Waals surface area contributed by atoms with E-state index in [0.717, 1.165) is 22.7 Å². The topological polar surface area (TPSA) is 24.1 Å². The highest BCUT2D eigenvalue weighted by Gasteiger charge is 2.52. The van der Waals surface area contributed by atoms with Crippen molar-refractivity contribution in [1.82, 2.24) is 0 Å². The maximum absolute atomic E-state index is 3.89. The van der Waals surface area contributed by atoms with Gasteiger partial charge in [-0.25, -0.2) is 0 Å². The Labute approximate surface area is 374 Å². The van der Waals surface area contributed by atoms with Gasteiger partial charge in [-0.2, -0.15) is 0 Å². The van der Waals surface area contributed by atoms with Crippen LogP contribution in [0, 0.1) is 0 Å². The quantitative estimate of drug-likeness (QED) is 0.167. The summed E-state index contributed by atoms with van der Waals surface area (Å²) >= 11 is 0. The number of para-hydroxylation sites is 1. The fourth-order valence-corrected chi connectivity index (χ4v) is 11.7. The van der Waals surface area contributed by atoms with E-state index in [1.807, 2.05) is 0 Å². The van der Waals surface area contributed by atoms with Gasteiger partial charge >= 0.3 is 0 Å². The molecule has 1 unspecified atom stereocenters. The number of nitrogens with one attached hydrogen (secondary N) is 2. The number of hydrogen-bond donors (Lipinski definition) is 2. The van der Waals surface area contributed by atoms with E-state index in [9.17, 15) is 0 Å². The summed E-state index contributed by atoms with van der Waals surface area (Å²) in [5, 5.41) is 7.66. The summed E-state index contributed by atoms with van der Waals surface area (Å²) in [5.74, 6) is 0. The summed E-state index contributed by atoms with van der Waals surface area (Å²) in [6, 6.07) is 89.2. The van der Waals surface area contributed by atoms with Crippen LogP contribution in [0.25, 0.3) is 44.5 Å². The molecule has 300 valence electrons. The Morgan fingerprint density at radius 2 is 0.656 bits per heavy atom. The molecule has 2 N–H and O–H groups in total. The van der Waals surface area contributed by atoms with Crippen LogP contribution in [0.5, 0.6) is 0 Å². The van der Waals surface area contributed by atoms with Gasteiger partial charge in [-0.1, -0.05) is 200 Å². The van der Waals surface area contributed by atoms with Crippen molar-refractivity contribution in [3.8, 4) is 44.5 Å². The molecule has 2 nitrogen and oxygen atoms in total. The fraction of sp³-hybridized carbons (Fsp3) is 0.0323. The number of fused-ring (bicyclic) bond motifs is 13. The van der Waals surface area contributed by atoms with Gasteiger partial charge in [-0.05, 0) is 120 Å². The Morgan fingerprint density at radius 1 is 0.250 bits per heavy atom. The Morgan fingerprint density at radius 3 is 1.23 bits per heavy atom. The monoisotopic (exact) mass is 814 g/mol. The molecule has 3 aliphatic rings. The van der Waals surface area contributed by atoms with E-state index in [4.69, 9.17) is 0 Å². The average molecular weight is 815 g/mol. The van der Waals surface area contributed by atoms with Gasteiger partial charge in [0.15, 0.2) is 0 Å². The van der Waals surface area contributed by atoms with Crippen molar-refractivity contribution in [2.24, 2.45) is 0 Å². The van der Waals surface area contributed by atoms with Crippen LogP contribution in [0.4, 0.5) is 22.7 Å². The molecule has 13 rings (SSSR count). The Bertz CT molecular complexity index is 3390. The van der Waals surface area contributed by atoms with E-state index < -0.39 is 10.8 Å². The minimum atomic E-state index is -0.440. The molecule has 1 spiro atoms. The van der Waals surface area contributed by atoms with Crippen LogP contribution in [0.3, 0.4) is 0 Å². The number of hydrogen-bond acceptors (Lipinski definition) is 2. The zero-order chi connectivity index (χ0) is 42.2. The molecular weight excluding hydrogens is 773 g/mol. The summed E-state index contributed by atoms with van der Waals surface area (Å²) < 4.78 is 0. The van der Waals surface area contributed by atoms with Gasteiger partial charge in [0, 0.05) is 33.9 Å². The summed E-state index contributed by atoms with van der Waals surface area (Å²) in [5.41, 5.74) is 24.0. The molecule has 0 bridgehead atoms. The fourth-order valence-electron chi connectivity index (χ4n) is 11.7. The normalized spacial score (nSPS) is 15.4. The average Bonchev–Trinajstić information content (AvgIpc) is 3.96. The molecule has 2 heteroatoms. The van der Waals surface area contributed by atoms with Crippen molar-refractivity contribution in [3.63, 3.8) is 0 Å². The molecule has 0 saturated heterocycles. The molecule has 0 saturated carbocycles. The predicted octanol–water partition coefficient (Wildman–Crippen LogP) is 15.5. The minimum Gasteiger partial charge on any atom is -0.355 e. The van der Waals surface area contributed by atoms with Crippen LogP contribution in [0.15, 0.2) is 243 Å². The summed E-state index contributed by atoms with van der Waals surface area (Å²) in [6.07, 6.45) is 0. The molecule has 10 aromatic rings. The summed E-state index contributed by atoms with van der Waals surface area (Å²) in [6.45, 7) is 0. The van der Waals surface area contributed by atoms with Gasteiger partial charge in [0.05, 0.1) is 10.8 Å². The second-order valence-corrected chi connectivity index (χ2v) is 17.3. The largest absolute Gasteiger partial charge is 0.355 e. The molecule has 0 aliphatic heterocycles. The Kier molecular flexibility index (Phi) is 8.07. The molecule has 64 heavy (non-hydrogen) atoms. The van der Waals surface area contributed by atoms with E-state index in [2.05, 4.69) is 253 Å². The van der Waals surface area contributed by atoms with Gasteiger partial charge in [0.25, 0.3) is 0 Å². The minimum absolute atomic E-state index is 0.425. The molecule has 0 radical (unpaired) electrons. The van der Waals surface area contributed by atoms with Crippen molar-refractivity contribution in [2.75, 3.05) is 10.6 Å². The standard InChI is InChI=1S/C62H42N2/c1-4-18-43(19-5-1)61(44-20-6-2-7-21-44)52-28-14-11-25-48(52)59-55(61)30-16-32-57(59)64-46-37-34-41(35-38-46)42-36-39-54-50(40-42)47-24-10-13-27-51(47)62(54)53-29-15-12-26-49(53)60-56(62)31-17-33-58(60)63-45-22-8-3-9-23-45/h1-40,63-64H. The van der Waals surface area contributed by atoms with E-state index >= 15 is 0 Å². The zero-order valence-corrected chi connectivity index (χ0v) is 35.1. The van der Waals surface area contributed by atoms with Crippen molar-refractivity contribution >= 4 is 22.7 Å². The first kappa shape index (κ1) is 36.5. The van der Waals surface area contributed by atoms with Gasteiger partial charge < -0.3 is 10.6 Å². The smallest absolute Gasteiger partial charge is 0.0726 e. The number of benzene rings is 10. The molecule has 0 fully saturated rings. The summed E-state index contributed by atoms with van der Waals surface area (Å²) in [7, 11) is 0. The maximum Gasteiger partial charge on any atom is 0.0726 e. The first-order chi connectivity index (χ1) is 31.7. The molecule has 10 aromatic carbocycles. The first-order valence-electron chi connectivity index (χ1n) is 22.3. The Hall–Kier alpha value is -8.20.